The minimum absolute atomic E-state index is 0.680. The van der Waals surface area contributed by atoms with E-state index in [4.69, 9.17) is 0 Å². The van der Waals surface area contributed by atoms with Crippen molar-refractivity contribution in [2.24, 2.45) is 5.41 Å². The van der Waals surface area contributed by atoms with Gasteiger partial charge in [0, 0.05) is 25.0 Å². The molecule has 3 nitrogen and oxygen atoms in total. The number of aromatic nitrogens is 1. The predicted molar refractivity (Wildman–Crippen MR) is 92.0 cm³/mol. The number of nitrogens with zero attached hydrogens (tertiary/aromatic N) is 3. The fourth-order valence-corrected chi connectivity index (χ4v) is 4.32. The topological polar surface area (TPSA) is 19.4 Å². The average molecular weight is 301 g/mol. The molecule has 122 valence electrons. The van der Waals surface area contributed by atoms with Gasteiger partial charge >= 0.3 is 0 Å². The van der Waals surface area contributed by atoms with Gasteiger partial charge in [0.25, 0.3) is 0 Å². The lowest BCUT2D eigenvalue weighted by molar-refractivity contribution is 0.0437. The standard InChI is InChI=1S/C19H31N3/c1-21(2)18-3-8-19(9-4-18)10-15-22(16-11-19)14-7-17-5-12-20-13-6-17/h5-6,12-13,18H,3-4,7-11,14-16H2,1-2H3. The van der Waals surface area contributed by atoms with Crippen LogP contribution < -0.4 is 0 Å². The van der Waals surface area contributed by atoms with Crippen molar-refractivity contribution >= 4 is 0 Å². The molecule has 0 unspecified atom stereocenters. The zero-order chi connectivity index (χ0) is 15.4. The van der Waals surface area contributed by atoms with Gasteiger partial charge in [0.2, 0.25) is 0 Å². The molecule has 0 amide bonds. The van der Waals surface area contributed by atoms with E-state index in [9.17, 15) is 0 Å². The molecule has 1 aromatic heterocycles. The van der Waals surface area contributed by atoms with Crippen molar-refractivity contribution in [1.82, 2.24) is 14.8 Å². The minimum atomic E-state index is 0.680. The molecule has 1 spiro atoms. The average Bonchev–Trinajstić information content (AvgIpc) is 2.56. The van der Waals surface area contributed by atoms with Crippen molar-refractivity contribution in [3.05, 3.63) is 30.1 Å². The monoisotopic (exact) mass is 301 g/mol. The molecule has 1 saturated heterocycles. The maximum absolute atomic E-state index is 4.10. The molecular weight excluding hydrogens is 270 g/mol. The molecule has 0 radical (unpaired) electrons. The van der Waals surface area contributed by atoms with Crippen LogP contribution in [-0.2, 0) is 6.42 Å². The molecule has 3 heteroatoms. The molecule has 0 bridgehead atoms. The highest BCUT2D eigenvalue weighted by molar-refractivity contribution is 5.10. The largest absolute Gasteiger partial charge is 0.306 e. The van der Waals surface area contributed by atoms with Crippen LogP contribution in [0.1, 0.15) is 44.1 Å². The van der Waals surface area contributed by atoms with Gasteiger partial charge in [0.1, 0.15) is 0 Å². The summed E-state index contributed by atoms with van der Waals surface area (Å²) in [6.07, 6.45) is 13.5. The number of likely N-dealkylation sites (tertiary alicyclic amines) is 1. The van der Waals surface area contributed by atoms with E-state index in [-0.39, 0.29) is 0 Å². The zero-order valence-electron chi connectivity index (χ0n) is 14.3. The van der Waals surface area contributed by atoms with Crippen molar-refractivity contribution < 1.29 is 0 Å². The summed E-state index contributed by atoms with van der Waals surface area (Å²) >= 11 is 0. The summed E-state index contributed by atoms with van der Waals surface area (Å²) in [5.41, 5.74) is 2.10. The maximum atomic E-state index is 4.10. The van der Waals surface area contributed by atoms with Gasteiger partial charge in [-0.3, -0.25) is 4.98 Å². The highest BCUT2D eigenvalue weighted by Crippen LogP contribution is 2.45. The van der Waals surface area contributed by atoms with Crippen LogP contribution in [0.15, 0.2) is 24.5 Å². The quantitative estimate of drug-likeness (QED) is 0.851. The van der Waals surface area contributed by atoms with Crippen LogP contribution in [0.3, 0.4) is 0 Å². The Morgan fingerprint density at radius 1 is 1.09 bits per heavy atom. The van der Waals surface area contributed by atoms with Crippen molar-refractivity contribution in [2.75, 3.05) is 33.7 Å². The van der Waals surface area contributed by atoms with Gasteiger partial charge in [-0.15, -0.1) is 0 Å². The Kier molecular flexibility index (Phi) is 5.14. The molecule has 1 aromatic rings. The van der Waals surface area contributed by atoms with Crippen LogP contribution in [0, 0.1) is 5.41 Å². The zero-order valence-corrected chi connectivity index (χ0v) is 14.3. The van der Waals surface area contributed by atoms with Gasteiger partial charge in [-0.05, 0) is 95.2 Å². The Labute approximate surface area is 135 Å². The molecule has 2 heterocycles. The van der Waals surface area contributed by atoms with Gasteiger partial charge in [-0.25, -0.2) is 0 Å². The van der Waals surface area contributed by atoms with Crippen molar-refractivity contribution in [3.63, 3.8) is 0 Å². The van der Waals surface area contributed by atoms with E-state index >= 15 is 0 Å². The van der Waals surface area contributed by atoms with Gasteiger partial charge in [-0.2, -0.15) is 0 Å². The molecule has 0 N–H and O–H groups in total. The third-order valence-electron chi connectivity index (χ3n) is 6.13. The molecule has 0 atom stereocenters. The van der Waals surface area contributed by atoms with Crippen LogP contribution in [0.4, 0.5) is 0 Å². The molecular formula is C19H31N3. The number of rotatable bonds is 4. The van der Waals surface area contributed by atoms with E-state index < -0.39 is 0 Å². The Morgan fingerprint density at radius 2 is 1.73 bits per heavy atom. The van der Waals surface area contributed by atoms with E-state index in [1.807, 2.05) is 12.4 Å². The molecule has 1 saturated carbocycles. The highest BCUT2D eigenvalue weighted by atomic mass is 15.1. The number of pyridine rings is 1. The van der Waals surface area contributed by atoms with E-state index in [0.29, 0.717) is 5.41 Å². The summed E-state index contributed by atoms with van der Waals surface area (Å²) in [5, 5.41) is 0. The first-order valence-electron chi connectivity index (χ1n) is 8.95. The van der Waals surface area contributed by atoms with E-state index in [1.165, 1.54) is 63.7 Å². The first-order chi connectivity index (χ1) is 10.7. The first kappa shape index (κ1) is 15.9. The molecule has 1 aliphatic carbocycles. The summed E-state index contributed by atoms with van der Waals surface area (Å²) < 4.78 is 0. The van der Waals surface area contributed by atoms with Crippen LogP contribution >= 0.6 is 0 Å². The second-order valence-electron chi connectivity index (χ2n) is 7.64. The van der Waals surface area contributed by atoms with Gasteiger partial charge in [0.15, 0.2) is 0 Å². The summed E-state index contributed by atoms with van der Waals surface area (Å²) in [5.74, 6) is 0. The maximum Gasteiger partial charge on any atom is 0.0270 e. The molecule has 3 rings (SSSR count). The van der Waals surface area contributed by atoms with Crippen LogP contribution in [0.25, 0.3) is 0 Å². The van der Waals surface area contributed by atoms with Gasteiger partial charge in [-0.1, -0.05) is 0 Å². The lowest BCUT2D eigenvalue weighted by Gasteiger charge is -2.47. The van der Waals surface area contributed by atoms with Crippen molar-refractivity contribution in [1.29, 1.82) is 0 Å². The third-order valence-corrected chi connectivity index (χ3v) is 6.13. The van der Waals surface area contributed by atoms with E-state index in [0.717, 1.165) is 12.5 Å². The summed E-state index contributed by atoms with van der Waals surface area (Å²) in [6.45, 7) is 3.82. The van der Waals surface area contributed by atoms with Gasteiger partial charge in [0.05, 0.1) is 0 Å². The molecule has 2 aliphatic rings. The van der Waals surface area contributed by atoms with Crippen LogP contribution in [0.2, 0.25) is 0 Å². The highest BCUT2D eigenvalue weighted by Gasteiger charge is 2.38. The lowest BCUT2D eigenvalue weighted by Crippen LogP contribution is -2.44. The van der Waals surface area contributed by atoms with Crippen LogP contribution in [0.5, 0.6) is 0 Å². The number of piperidine rings is 1. The Hall–Kier alpha value is -0.930. The Bertz CT molecular complexity index is 439. The van der Waals surface area contributed by atoms with Crippen molar-refractivity contribution in [3.8, 4) is 0 Å². The number of hydrogen-bond acceptors (Lipinski definition) is 3. The predicted octanol–water partition coefficient (Wildman–Crippen LogP) is 3.21. The lowest BCUT2D eigenvalue weighted by atomic mass is 9.67. The summed E-state index contributed by atoms with van der Waals surface area (Å²) in [4.78, 5) is 9.20. The fourth-order valence-electron chi connectivity index (χ4n) is 4.32. The molecule has 1 aliphatic heterocycles. The van der Waals surface area contributed by atoms with E-state index in [2.05, 4.69) is 41.0 Å². The summed E-state index contributed by atoms with van der Waals surface area (Å²) in [6, 6.07) is 5.12. The van der Waals surface area contributed by atoms with E-state index in [1.54, 1.807) is 0 Å². The second-order valence-corrected chi connectivity index (χ2v) is 7.64. The fraction of sp³-hybridized carbons (Fsp3) is 0.737. The van der Waals surface area contributed by atoms with Gasteiger partial charge < -0.3 is 9.80 Å². The molecule has 0 aromatic carbocycles. The first-order valence-corrected chi connectivity index (χ1v) is 8.95. The minimum Gasteiger partial charge on any atom is -0.306 e. The third kappa shape index (κ3) is 3.88. The van der Waals surface area contributed by atoms with Crippen molar-refractivity contribution in [2.45, 2.75) is 51.0 Å². The molecule has 22 heavy (non-hydrogen) atoms. The smallest absolute Gasteiger partial charge is 0.0270 e. The Morgan fingerprint density at radius 3 is 2.32 bits per heavy atom. The van der Waals surface area contributed by atoms with Crippen LogP contribution in [-0.4, -0.2) is 54.6 Å². The Balaban J connectivity index is 1.43. The second kappa shape index (κ2) is 7.10. The number of hydrogen-bond donors (Lipinski definition) is 0. The normalized spacial score (nSPS) is 23.2. The SMILES string of the molecule is CN(C)C1CCC2(CC1)CCN(CCc1ccncc1)CC2. The molecule has 2 fully saturated rings. The summed E-state index contributed by atoms with van der Waals surface area (Å²) in [7, 11) is 4.48.